The number of nitrogens with zero attached hydrogens (tertiary/aromatic N) is 4. The van der Waals surface area contributed by atoms with Crippen LogP contribution in [0.1, 0.15) is 55.5 Å². The van der Waals surface area contributed by atoms with Gasteiger partial charge in [-0.05, 0) is 96.5 Å². The Morgan fingerprint density at radius 1 is 0.935 bits per heavy atom. The van der Waals surface area contributed by atoms with E-state index >= 15 is 0 Å². The zero-order valence-corrected chi connectivity index (χ0v) is 38.6. The molecule has 1 aliphatic carbocycles. The number of amides is 1. The number of hydrogen-bond donors (Lipinski definition) is 2. The molecule has 0 radical (unpaired) electrons. The van der Waals surface area contributed by atoms with Gasteiger partial charge >= 0.3 is 5.51 Å². The van der Waals surface area contributed by atoms with Gasteiger partial charge in [0.15, 0.2) is 10.9 Å². The fourth-order valence-corrected chi connectivity index (χ4v) is 12.6. The van der Waals surface area contributed by atoms with E-state index in [0.717, 1.165) is 78.2 Å². The van der Waals surface area contributed by atoms with Crippen LogP contribution in [-0.2, 0) is 14.5 Å². The third kappa shape index (κ3) is 11.0. The van der Waals surface area contributed by atoms with E-state index in [1.54, 1.807) is 17.7 Å². The number of carbonyl (C=O) groups excluding carboxylic acids is 1. The number of thiol groups is 1. The molecule has 15 heteroatoms. The van der Waals surface area contributed by atoms with Crippen LogP contribution in [0.3, 0.4) is 0 Å². The van der Waals surface area contributed by atoms with E-state index in [9.17, 15) is 22.2 Å². The highest BCUT2D eigenvalue weighted by Crippen LogP contribution is 2.48. The predicted octanol–water partition coefficient (Wildman–Crippen LogP) is 10.1. The van der Waals surface area contributed by atoms with Crippen LogP contribution in [-0.4, -0.2) is 107 Å². The molecule has 4 aromatic carbocycles. The van der Waals surface area contributed by atoms with E-state index in [0.29, 0.717) is 53.5 Å². The van der Waals surface area contributed by atoms with E-state index in [4.69, 9.17) is 22.1 Å². The van der Waals surface area contributed by atoms with Gasteiger partial charge in [-0.1, -0.05) is 61.4 Å². The van der Waals surface area contributed by atoms with Crippen molar-refractivity contribution in [2.24, 2.45) is 11.1 Å². The van der Waals surface area contributed by atoms with E-state index in [1.807, 2.05) is 66.7 Å². The molecule has 0 saturated carbocycles. The van der Waals surface area contributed by atoms with Crippen molar-refractivity contribution < 1.29 is 30.9 Å². The molecule has 2 fully saturated rings. The molecule has 332 valence electrons. The summed E-state index contributed by atoms with van der Waals surface area (Å²) < 4.78 is 62.2. The summed E-state index contributed by atoms with van der Waals surface area (Å²) in [4.78, 5) is 19.7. The highest BCUT2D eigenvalue weighted by Gasteiger charge is 2.62. The van der Waals surface area contributed by atoms with Gasteiger partial charge in [0.1, 0.15) is 0 Å². The standard InChI is InChI=1S/C26H32ClN3O.C21H23F3N2O2S3/c1-26(2)12-11-24(19-3-7-22(27)8-4-19)21(17-26)18-29-13-15-30(16-14-29)23-9-5-20(6-10-23)25(28)31;22-21(23,24)31(27)20-14-17(29)6-7-19(20)26(31)16(8-9-25-10-12-28-13-11-25)15-30-18-4-2-1-3-5-18/h3-10H,11-18H2,1-2H3,(H2,28,31);1-7,14,16H,8-13,15H2/p+1. The lowest BCUT2D eigenvalue weighted by Gasteiger charge is -2.39. The van der Waals surface area contributed by atoms with Crippen LogP contribution in [0.5, 0.6) is 0 Å². The average molecular weight is 928 g/mol. The van der Waals surface area contributed by atoms with Crippen LogP contribution >= 0.6 is 36.0 Å². The lowest BCUT2D eigenvalue weighted by molar-refractivity contribution is -0.476. The molecular weight excluding hydrogens is 871 g/mol. The number of benzene rings is 4. The molecule has 2 atom stereocenters. The Morgan fingerprint density at radius 3 is 2.26 bits per heavy atom. The second-order valence-electron chi connectivity index (χ2n) is 17.1. The number of nitrogens with two attached hydrogens (primary N) is 1. The molecule has 2 N–H and O–H groups in total. The minimum atomic E-state index is -4.85. The van der Waals surface area contributed by atoms with Crippen LogP contribution < -0.4 is 10.6 Å². The SMILES string of the molecule is CC1(C)CCC(c2ccc(Cl)cc2)=C(CN2CCN(c3ccc(C(N)=O)cc3)CC2)C1.O=S1(C(F)(F)F)=[N+](C(CCN2CCOCC2)CSc2ccccc2)c2ccc(S)cc21. The predicted molar refractivity (Wildman–Crippen MR) is 249 cm³/mol. The van der Waals surface area contributed by atoms with Gasteiger partial charge in [0.2, 0.25) is 11.6 Å². The van der Waals surface area contributed by atoms with Crippen molar-refractivity contribution in [3.05, 3.63) is 119 Å². The molecule has 3 heterocycles. The summed E-state index contributed by atoms with van der Waals surface area (Å²) in [7, 11) is -4.36. The molecule has 1 amide bonds. The van der Waals surface area contributed by atoms with Gasteiger partial charge in [0.25, 0.3) is 9.73 Å². The quantitative estimate of drug-likeness (QED) is 0.0832. The zero-order valence-electron chi connectivity index (χ0n) is 35.3. The number of fused-ring (bicyclic) bond motifs is 1. The van der Waals surface area contributed by atoms with E-state index in [-0.39, 0.29) is 10.8 Å². The van der Waals surface area contributed by atoms with Crippen molar-refractivity contribution in [2.75, 3.05) is 76.2 Å². The number of primary amides is 1. The second kappa shape index (κ2) is 20.1. The third-order valence-corrected chi connectivity index (χ3v) is 16.4. The number of halogens is 4. The zero-order chi connectivity index (χ0) is 44.1. The third-order valence-electron chi connectivity index (χ3n) is 12.1. The van der Waals surface area contributed by atoms with Gasteiger partial charge in [-0.15, -0.1) is 28.3 Å². The molecular formula is C47H56ClF3N5O3S3+. The van der Waals surface area contributed by atoms with Crippen LogP contribution in [0.25, 0.3) is 5.57 Å². The fraction of sp³-hybridized carbons (Fsp3) is 0.426. The van der Waals surface area contributed by atoms with Crippen molar-refractivity contribution in [2.45, 2.75) is 65.8 Å². The Kier molecular flexibility index (Phi) is 15.1. The number of anilines is 1. The smallest absolute Gasteiger partial charge is 0.379 e. The summed E-state index contributed by atoms with van der Waals surface area (Å²) in [6.07, 6.45) is 3.99. The Labute approximate surface area is 379 Å². The highest BCUT2D eigenvalue weighted by atomic mass is 35.5. The van der Waals surface area contributed by atoms with Crippen molar-refractivity contribution in [1.82, 2.24) is 9.80 Å². The van der Waals surface area contributed by atoms with Crippen LogP contribution in [0.4, 0.5) is 24.5 Å². The number of allylic oxidation sites excluding steroid dienone is 1. The number of hydrogen-bond acceptors (Lipinski definition) is 8. The molecule has 0 bridgehead atoms. The maximum absolute atomic E-state index is 14.1. The number of thioether (sulfide) groups is 1. The van der Waals surface area contributed by atoms with Gasteiger partial charge in [-0.2, -0.15) is 17.4 Å². The number of carbonyl (C=O) groups is 1. The topological polar surface area (TPSA) is 82.1 Å². The molecule has 0 spiro atoms. The largest absolute Gasteiger partial charge is 0.521 e. The first-order chi connectivity index (χ1) is 29.6. The number of ether oxygens (including phenoxy) is 1. The first-order valence-corrected chi connectivity index (χ1v) is 24.5. The molecule has 2 unspecified atom stereocenters. The number of piperazine rings is 1. The molecule has 3 aliphatic heterocycles. The Hall–Kier alpha value is -3.50. The monoisotopic (exact) mass is 926 g/mol. The maximum Gasteiger partial charge on any atom is 0.521 e. The molecule has 0 aromatic heterocycles. The van der Waals surface area contributed by atoms with Gasteiger partial charge in [0, 0.05) is 90.9 Å². The first-order valence-electron chi connectivity index (χ1n) is 21.2. The van der Waals surface area contributed by atoms with Crippen molar-refractivity contribution >= 4 is 68.6 Å². The van der Waals surface area contributed by atoms with E-state index in [1.165, 1.54) is 35.4 Å². The Morgan fingerprint density at radius 2 is 1.61 bits per heavy atom. The van der Waals surface area contributed by atoms with E-state index in [2.05, 4.69) is 53.3 Å². The minimum absolute atomic E-state index is 0.159. The number of alkyl halides is 3. The summed E-state index contributed by atoms with van der Waals surface area (Å²) in [5.74, 6) is 0.0280. The second-order valence-corrected chi connectivity index (χ2v) is 21.5. The van der Waals surface area contributed by atoms with Crippen molar-refractivity contribution in [3.8, 4) is 0 Å². The van der Waals surface area contributed by atoms with Crippen molar-refractivity contribution in [1.29, 1.82) is 0 Å². The van der Waals surface area contributed by atoms with Gasteiger partial charge in [0.05, 0.1) is 19.0 Å². The van der Waals surface area contributed by atoms with Gasteiger partial charge in [-0.25, -0.2) is 0 Å². The fourth-order valence-electron chi connectivity index (χ4n) is 8.72. The van der Waals surface area contributed by atoms with Crippen LogP contribution in [0.15, 0.2) is 117 Å². The summed E-state index contributed by atoms with van der Waals surface area (Å²) in [6, 6.07) is 29.6. The van der Waals surface area contributed by atoms with Crippen LogP contribution in [0, 0.1) is 5.41 Å². The lowest BCUT2D eigenvalue weighted by Crippen LogP contribution is -2.47. The normalized spacial score (nSPS) is 21.1. The molecule has 4 aromatic rings. The number of morpholine rings is 1. The van der Waals surface area contributed by atoms with Gasteiger partial charge in [-0.3, -0.25) is 14.6 Å². The summed E-state index contributed by atoms with van der Waals surface area (Å²) in [5, 5.41) is 0.794. The highest BCUT2D eigenvalue weighted by molar-refractivity contribution is 7.99. The molecule has 62 heavy (non-hydrogen) atoms. The lowest BCUT2D eigenvalue weighted by atomic mass is 9.73. The molecule has 4 aliphatic rings. The Bertz CT molecular complexity index is 2340. The van der Waals surface area contributed by atoms with Crippen LogP contribution in [0.2, 0.25) is 5.02 Å². The van der Waals surface area contributed by atoms with E-state index < -0.39 is 21.3 Å². The van der Waals surface area contributed by atoms with Crippen molar-refractivity contribution in [3.63, 3.8) is 0 Å². The molecule has 2 saturated heterocycles. The van der Waals surface area contributed by atoms with Gasteiger partial charge < -0.3 is 15.4 Å². The summed E-state index contributed by atoms with van der Waals surface area (Å²) in [6.45, 7) is 13.3. The summed E-state index contributed by atoms with van der Waals surface area (Å²) in [5.41, 5.74) is 7.39. The summed E-state index contributed by atoms with van der Waals surface area (Å²) >= 11 is 11.8. The molecule has 8 rings (SSSR count). The number of rotatable bonds is 12. The first kappa shape index (κ1) is 46.5. The maximum atomic E-state index is 14.1. The average Bonchev–Trinajstić information content (AvgIpc) is 3.26. The minimum Gasteiger partial charge on any atom is -0.379 e. The molecule has 8 nitrogen and oxygen atoms in total. The Balaban J connectivity index is 0.000000186.